The molecule has 0 saturated carbocycles. The molecule has 2 heterocycles. The van der Waals surface area contributed by atoms with Gasteiger partial charge in [-0.2, -0.15) is 0 Å². The molecule has 0 aliphatic rings. The van der Waals surface area contributed by atoms with E-state index in [1.165, 1.54) is 6.33 Å². The first kappa shape index (κ1) is 12.1. The van der Waals surface area contributed by atoms with Gasteiger partial charge < -0.3 is 19.5 Å². The van der Waals surface area contributed by atoms with Crippen LogP contribution in [0.2, 0.25) is 0 Å². The summed E-state index contributed by atoms with van der Waals surface area (Å²) < 4.78 is 15.6. The molecule has 0 spiro atoms. The van der Waals surface area contributed by atoms with E-state index in [1.807, 2.05) is 0 Å². The van der Waals surface area contributed by atoms with Gasteiger partial charge in [-0.05, 0) is 6.92 Å². The molecule has 0 fully saturated rings. The molecule has 1 unspecified atom stereocenters. The zero-order valence-electron chi connectivity index (χ0n) is 8.94. The molecule has 0 bridgehead atoms. The second-order valence-electron chi connectivity index (χ2n) is 3.47. The van der Waals surface area contributed by atoms with Crippen LogP contribution in [0.3, 0.4) is 0 Å². The summed E-state index contributed by atoms with van der Waals surface area (Å²) in [5.74, 6) is 0.332. The lowest BCUT2D eigenvalue weighted by atomic mass is 10.3. The zero-order chi connectivity index (χ0) is 12.5. The van der Waals surface area contributed by atoms with Gasteiger partial charge in [0.15, 0.2) is 11.5 Å². The molecule has 0 aliphatic carbocycles. The molecule has 9 heteroatoms. The van der Waals surface area contributed by atoms with Gasteiger partial charge in [-0.1, -0.05) is 0 Å². The Labute approximate surface area is 96.2 Å². The van der Waals surface area contributed by atoms with Gasteiger partial charge in [-0.25, -0.2) is 15.0 Å². The van der Waals surface area contributed by atoms with E-state index in [9.17, 15) is 4.57 Å². The molecule has 0 saturated heterocycles. The van der Waals surface area contributed by atoms with Crippen molar-refractivity contribution in [2.45, 2.75) is 13.0 Å². The highest BCUT2D eigenvalue weighted by Gasteiger charge is 2.18. The molecule has 92 valence electrons. The molecule has 0 amide bonds. The molecule has 0 radical (unpaired) electrons. The zero-order valence-corrected chi connectivity index (χ0v) is 9.83. The number of ether oxygens (including phenoxy) is 1. The molecule has 17 heavy (non-hydrogen) atoms. The summed E-state index contributed by atoms with van der Waals surface area (Å²) in [4.78, 5) is 32.3. The van der Waals surface area contributed by atoms with Gasteiger partial charge >= 0.3 is 7.60 Å². The lowest BCUT2D eigenvalue weighted by molar-refractivity contribution is 0.0825. The van der Waals surface area contributed by atoms with Gasteiger partial charge in [0.2, 0.25) is 0 Å². The second kappa shape index (κ2) is 4.50. The van der Waals surface area contributed by atoms with Crippen molar-refractivity contribution >= 4 is 18.8 Å². The van der Waals surface area contributed by atoms with Crippen LogP contribution in [0, 0.1) is 0 Å². The highest BCUT2D eigenvalue weighted by Crippen LogP contribution is 2.35. The topological polar surface area (TPSA) is 121 Å². The first-order valence-electron chi connectivity index (χ1n) is 4.78. The maximum atomic E-state index is 10.6. The van der Waals surface area contributed by atoms with Crippen LogP contribution < -0.4 is 0 Å². The Morgan fingerprint density at radius 3 is 3.00 bits per heavy atom. The number of rotatable bonds is 4. The van der Waals surface area contributed by atoms with E-state index in [1.54, 1.807) is 13.1 Å². The Morgan fingerprint density at radius 1 is 1.53 bits per heavy atom. The van der Waals surface area contributed by atoms with Gasteiger partial charge in [-0.15, -0.1) is 0 Å². The summed E-state index contributed by atoms with van der Waals surface area (Å²) in [7, 11) is -4.18. The maximum Gasteiger partial charge on any atom is 0.351 e. The van der Waals surface area contributed by atoms with Crippen LogP contribution in [0.5, 0.6) is 0 Å². The Balaban J connectivity index is 2.13. The normalized spacial score (nSPS) is 14.1. The molecule has 0 aromatic carbocycles. The number of nitrogens with one attached hydrogen (secondary N) is 1. The van der Waals surface area contributed by atoms with Gasteiger partial charge in [0.05, 0.1) is 12.5 Å². The summed E-state index contributed by atoms with van der Waals surface area (Å²) in [6, 6.07) is 0. The van der Waals surface area contributed by atoms with E-state index in [2.05, 4.69) is 19.9 Å². The SMILES string of the molecule is CC(OCP(=O)(O)O)c1ncc2[nH]cnc2n1. The third-order valence-electron chi connectivity index (χ3n) is 2.05. The van der Waals surface area contributed by atoms with Crippen LogP contribution in [-0.2, 0) is 9.30 Å². The summed E-state index contributed by atoms with van der Waals surface area (Å²) in [6.45, 7) is 1.61. The fraction of sp³-hybridized carbons (Fsp3) is 0.375. The molecule has 0 aliphatic heterocycles. The predicted molar refractivity (Wildman–Crippen MR) is 58.1 cm³/mol. The summed E-state index contributed by atoms with van der Waals surface area (Å²) in [6.07, 6.45) is 1.77. The third kappa shape index (κ3) is 3.07. The highest BCUT2D eigenvalue weighted by molar-refractivity contribution is 7.51. The quantitative estimate of drug-likeness (QED) is 0.685. The van der Waals surface area contributed by atoms with Crippen molar-refractivity contribution in [1.29, 1.82) is 0 Å². The first-order valence-corrected chi connectivity index (χ1v) is 6.57. The molecule has 3 N–H and O–H groups in total. The highest BCUT2D eigenvalue weighted by atomic mass is 31.2. The number of nitrogens with zero attached hydrogens (tertiary/aromatic N) is 3. The van der Waals surface area contributed by atoms with Crippen LogP contribution in [0.25, 0.3) is 11.2 Å². The van der Waals surface area contributed by atoms with Gasteiger partial charge in [0.1, 0.15) is 18.0 Å². The van der Waals surface area contributed by atoms with Crippen molar-refractivity contribution in [2.75, 3.05) is 6.35 Å². The van der Waals surface area contributed by atoms with Gasteiger partial charge in [0, 0.05) is 0 Å². The first-order chi connectivity index (χ1) is 7.96. The van der Waals surface area contributed by atoms with Crippen LogP contribution in [0.1, 0.15) is 18.9 Å². The fourth-order valence-corrected chi connectivity index (χ4v) is 1.65. The summed E-state index contributed by atoms with van der Waals surface area (Å²) in [5.41, 5.74) is 1.18. The predicted octanol–water partition coefficient (Wildman–Crippen LogP) is 0.566. The van der Waals surface area contributed by atoms with Gasteiger partial charge in [-0.3, -0.25) is 4.57 Å². The number of aromatic amines is 1. The molecule has 8 nitrogen and oxygen atoms in total. The van der Waals surface area contributed by atoms with Crippen molar-refractivity contribution in [3.8, 4) is 0 Å². The number of H-pyrrole nitrogens is 1. The summed E-state index contributed by atoms with van der Waals surface area (Å²) in [5, 5.41) is 0. The van der Waals surface area contributed by atoms with E-state index >= 15 is 0 Å². The lowest BCUT2D eigenvalue weighted by Crippen LogP contribution is -2.06. The average Bonchev–Trinajstić information content (AvgIpc) is 2.71. The lowest BCUT2D eigenvalue weighted by Gasteiger charge is -2.11. The van der Waals surface area contributed by atoms with Crippen LogP contribution in [0.15, 0.2) is 12.5 Å². The van der Waals surface area contributed by atoms with E-state index in [4.69, 9.17) is 14.5 Å². The third-order valence-corrected chi connectivity index (χ3v) is 2.54. The molecule has 2 aromatic heterocycles. The number of imidazole rings is 1. The van der Waals surface area contributed by atoms with Crippen molar-refractivity contribution in [2.24, 2.45) is 0 Å². The number of hydrogen-bond acceptors (Lipinski definition) is 5. The molecular formula is C8H11N4O4P. The Hall–Kier alpha value is -1.34. The Morgan fingerprint density at radius 2 is 2.29 bits per heavy atom. The second-order valence-corrected chi connectivity index (χ2v) is 5.06. The fourth-order valence-electron chi connectivity index (χ4n) is 1.23. The largest absolute Gasteiger partial charge is 0.358 e. The summed E-state index contributed by atoms with van der Waals surface area (Å²) >= 11 is 0. The minimum atomic E-state index is -4.18. The van der Waals surface area contributed by atoms with Gasteiger partial charge in [0.25, 0.3) is 0 Å². The van der Waals surface area contributed by atoms with Crippen LogP contribution >= 0.6 is 7.60 Å². The number of hydrogen-bond donors (Lipinski definition) is 3. The molecule has 1 atom stereocenters. The minimum Gasteiger partial charge on any atom is -0.358 e. The Kier molecular flexibility index (Phi) is 3.21. The van der Waals surface area contributed by atoms with E-state index in [0.717, 1.165) is 0 Å². The molecular weight excluding hydrogens is 247 g/mol. The molecule has 2 aromatic rings. The van der Waals surface area contributed by atoms with Crippen LogP contribution in [0.4, 0.5) is 0 Å². The van der Waals surface area contributed by atoms with Crippen molar-refractivity contribution in [3.05, 3.63) is 18.3 Å². The maximum absolute atomic E-state index is 10.6. The Bertz CT molecular complexity index is 565. The van der Waals surface area contributed by atoms with E-state index in [0.29, 0.717) is 17.0 Å². The van der Waals surface area contributed by atoms with E-state index in [-0.39, 0.29) is 0 Å². The van der Waals surface area contributed by atoms with Crippen molar-refractivity contribution in [1.82, 2.24) is 19.9 Å². The monoisotopic (exact) mass is 258 g/mol. The van der Waals surface area contributed by atoms with Crippen molar-refractivity contribution in [3.63, 3.8) is 0 Å². The number of aromatic nitrogens is 4. The standard InChI is InChI=1S/C8H11N4O4P/c1-5(16-4-17(13,14)15)7-9-2-6-8(12-7)11-3-10-6/h2-3,5H,4H2,1H3,(H2,13,14,15)(H,9,10,11,12). The molecule has 2 rings (SSSR count). The number of fused-ring (bicyclic) bond motifs is 1. The van der Waals surface area contributed by atoms with Crippen molar-refractivity contribution < 1.29 is 19.1 Å². The van der Waals surface area contributed by atoms with E-state index < -0.39 is 20.0 Å². The average molecular weight is 258 g/mol. The smallest absolute Gasteiger partial charge is 0.351 e. The minimum absolute atomic E-state index is 0.332. The van der Waals surface area contributed by atoms with Crippen LogP contribution in [-0.4, -0.2) is 36.1 Å².